The van der Waals surface area contributed by atoms with E-state index in [2.05, 4.69) is 48.5 Å². The molecular weight excluding hydrogens is 224 g/mol. The maximum Gasteiger partial charge on any atom is 0.0209 e. The van der Waals surface area contributed by atoms with Crippen LogP contribution in [0.5, 0.6) is 0 Å². The molecule has 1 saturated carbocycles. The third kappa shape index (κ3) is 3.15. The van der Waals surface area contributed by atoms with Crippen LogP contribution in [-0.2, 0) is 0 Å². The quantitative estimate of drug-likeness (QED) is 0.631. The second-order valence-electron chi connectivity index (χ2n) is 3.52. The van der Waals surface area contributed by atoms with Crippen LogP contribution in [0.4, 0.5) is 0 Å². The summed E-state index contributed by atoms with van der Waals surface area (Å²) in [7, 11) is 0. The van der Waals surface area contributed by atoms with Crippen LogP contribution < -0.4 is 0 Å². The van der Waals surface area contributed by atoms with Crippen molar-refractivity contribution in [3.63, 3.8) is 0 Å². The number of rotatable bonds is 4. The van der Waals surface area contributed by atoms with Gasteiger partial charge in [-0.3, -0.25) is 0 Å². The Morgan fingerprint density at radius 3 is 2.54 bits per heavy atom. The number of allylic oxidation sites excluding steroid dienone is 5. The van der Waals surface area contributed by atoms with Crippen LogP contribution >= 0.6 is 15.9 Å². The van der Waals surface area contributed by atoms with Gasteiger partial charge in [-0.15, -0.1) is 0 Å². The first-order valence-corrected chi connectivity index (χ1v) is 5.69. The lowest BCUT2D eigenvalue weighted by Gasteiger charge is -2.04. The van der Waals surface area contributed by atoms with Gasteiger partial charge in [0.25, 0.3) is 0 Å². The molecule has 1 rings (SSSR count). The zero-order valence-corrected chi connectivity index (χ0v) is 10.0. The molecule has 0 aliphatic heterocycles. The molecule has 0 saturated heterocycles. The van der Waals surface area contributed by atoms with Crippen molar-refractivity contribution >= 4 is 15.9 Å². The van der Waals surface area contributed by atoms with Gasteiger partial charge >= 0.3 is 0 Å². The second-order valence-corrected chi connectivity index (χ2v) is 4.38. The summed E-state index contributed by atoms with van der Waals surface area (Å²) in [5.41, 5.74) is 2.64. The average Bonchev–Trinajstić information content (AvgIpc) is 2.89. The highest BCUT2D eigenvalue weighted by atomic mass is 79.9. The molecule has 0 unspecified atom stereocenters. The summed E-state index contributed by atoms with van der Waals surface area (Å²) < 4.78 is 1.23. The van der Waals surface area contributed by atoms with Crippen LogP contribution in [0.3, 0.4) is 0 Å². The van der Waals surface area contributed by atoms with Gasteiger partial charge in [0, 0.05) is 4.48 Å². The Morgan fingerprint density at radius 1 is 1.54 bits per heavy atom. The molecule has 0 atom stereocenters. The van der Waals surface area contributed by atoms with Gasteiger partial charge in [0.05, 0.1) is 0 Å². The molecule has 0 amide bonds. The number of hydrogen-bond acceptors (Lipinski definition) is 0. The van der Waals surface area contributed by atoms with Crippen molar-refractivity contribution in [3.8, 4) is 0 Å². The van der Waals surface area contributed by atoms with E-state index in [1.165, 1.54) is 28.5 Å². The lowest BCUT2D eigenvalue weighted by Crippen LogP contribution is -1.86. The Bertz CT molecular complexity index is 254. The smallest absolute Gasteiger partial charge is 0.0209 e. The standard InChI is InChI=1S/C12H17Br/c1-4-9(3)8-12(13)11(5-2)10-6-7-10/h5,8,10H,3-4,6-7H2,1-2H3/b11-5-,12-8+. The first-order chi connectivity index (χ1) is 6.19. The molecule has 0 aromatic carbocycles. The molecule has 0 radical (unpaired) electrons. The predicted octanol–water partition coefficient (Wildman–Crippen LogP) is 4.59. The van der Waals surface area contributed by atoms with Crippen LogP contribution in [0.15, 0.2) is 34.4 Å². The van der Waals surface area contributed by atoms with E-state index < -0.39 is 0 Å². The van der Waals surface area contributed by atoms with Gasteiger partial charge in [0.2, 0.25) is 0 Å². The Morgan fingerprint density at radius 2 is 2.15 bits per heavy atom. The normalized spacial score (nSPS) is 19.0. The molecule has 0 heterocycles. The van der Waals surface area contributed by atoms with Crippen molar-refractivity contribution in [2.24, 2.45) is 5.92 Å². The summed E-state index contributed by atoms with van der Waals surface area (Å²) in [5.74, 6) is 0.806. The van der Waals surface area contributed by atoms with Gasteiger partial charge in [-0.05, 0) is 43.8 Å². The fraction of sp³-hybridized carbons (Fsp3) is 0.500. The van der Waals surface area contributed by atoms with Crippen LogP contribution in [0.25, 0.3) is 0 Å². The lowest BCUT2D eigenvalue weighted by atomic mass is 10.1. The highest BCUT2D eigenvalue weighted by molar-refractivity contribution is 9.12. The molecule has 0 nitrogen and oxygen atoms in total. The number of halogens is 1. The van der Waals surface area contributed by atoms with E-state index in [0.29, 0.717) is 0 Å². The van der Waals surface area contributed by atoms with Crippen molar-refractivity contribution in [2.45, 2.75) is 33.1 Å². The topological polar surface area (TPSA) is 0 Å². The molecule has 0 bridgehead atoms. The first kappa shape index (κ1) is 10.8. The average molecular weight is 241 g/mol. The molecule has 0 aromatic heterocycles. The minimum absolute atomic E-state index is 0.806. The van der Waals surface area contributed by atoms with Crippen molar-refractivity contribution in [1.29, 1.82) is 0 Å². The van der Waals surface area contributed by atoms with E-state index in [1.807, 2.05) is 0 Å². The van der Waals surface area contributed by atoms with Crippen molar-refractivity contribution in [3.05, 3.63) is 34.4 Å². The molecule has 1 fully saturated rings. The molecular formula is C12H17Br. The van der Waals surface area contributed by atoms with Gasteiger partial charge in [0.15, 0.2) is 0 Å². The third-order valence-electron chi connectivity index (χ3n) is 2.39. The molecule has 1 aliphatic rings. The summed E-state index contributed by atoms with van der Waals surface area (Å²) in [6.07, 6.45) is 8.08. The highest BCUT2D eigenvalue weighted by Crippen LogP contribution is 2.41. The highest BCUT2D eigenvalue weighted by Gasteiger charge is 2.26. The molecule has 0 aromatic rings. The Hall–Kier alpha value is -0.300. The molecule has 0 N–H and O–H groups in total. The van der Waals surface area contributed by atoms with Crippen molar-refractivity contribution in [1.82, 2.24) is 0 Å². The minimum Gasteiger partial charge on any atom is -0.0958 e. The van der Waals surface area contributed by atoms with E-state index in [-0.39, 0.29) is 0 Å². The molecule has 1 heteroatoms. The van der Waals surface area contributed by atoms with Crippen LogP contribution in [-0.4, -0.2) is 0 Å². The fourth-order valence-corrected chi connectivity index (χ4v) is 2.20. The lowest BCUT2D eigenvalue weighted by molar-refractivity contribution is 1.04. The predicted molar refractivity (Wildman–Crippen MR) is 62.9 cm³/mol. The summed E-state index contributed by atoms with van der Waals surface area (Å²) in [6, 6.07) is 0. The Balaban J connectivity index is 2.68. The van der Waals surface area contributed by atoms with E-state index in [0.717, 1.165) is 12.3 Å². The molecule has 72 valence electrons. The van der Waals surface area contributed by atoms with Crippen LogP contribution in [0.1, 0.15) is 33.1 Å². The minimum atomic E-state index is 0.806. The summed E-state index contributed by atoms with van der Waals surface area (Å²) in [5, 5.41) is 0. The largest absolute Gasteiger partial charge is 0.0958 e. The summed E-state index contributed by atoms with van der Waals surface area (Å²) >= 11 is 3.62. The van der Waals surface area contributed by atoms with Crippen LogP contribution in [0.2, 0.25) is 0 Å². The molecule has 1 aliphatic carbocycles. The molecule has 0 spiro atoms. The van der Waals surface area contributed by atoms with Gasteiger partial charge < -0.3 is 0 Å². The SMILES string of the molecule is C=C(/C=C(Br)\C(=C/C)C1CC1)CC. The maximum absolute atomic E-state index is 3.98. The Labute approximate surface area is 89.5 Å². The summed E-state index contributed by atoms with van der Waals surface area (Å²) in [6.45, 7) is 8.22. The maximum atomic E-state index is 3.98. The zero-order valence-electron chi connectivity index (χ0n) is 8.44. The zero-order chi connectivity index (χ0) is 9.84. The van der Waals surface area contributed by atoms with Crippen molar-refractivity contribution < 1.29 is 0 Å². The second kappa shape index (κ2) is 4.80. The van der Waals surface area contributed by atoms with E-state index in [9.17, 15) is 0 Å². The Kier molecular flexibility index (Phi) is 3.98. The molecule has 13 heavy (non-hydrogen) atoms. The van der Waals surface area contributed by atoms with Gasteiger partial charge in [-0.1, -0.05) is 41.1 Å². The summed E-state index contributed by atoms with van der Waals surface area (Å²) in [4.78, 5) is 0. The van der Waals surface area contributed by atoms with Crippen LogP contribution in [0, 0.1) is 5.92 Å². The van der Waals surface area contributed by atoms with Crippen molar-refractivity contribution in [2.75, 3.05) is 0 Å². The number of hydrogen-bond donors (Lipinski definition) is 0. The van der Waals surface area contributed by atoms with E-state index in [4.69, 9.17) is 0 Å². The third-order valence-corrected chi connectivity index (χ3v) is 3.08. The monoisotopic (exact) mass is 240 g/mol. The van der Waals surface area contributed by atoms with Gasteiger partial charge in [0.1, 0.15) is 0 Å². The van der Waals surface area contributed by atoms with Gasteiger partial charge in [-0.2, -0.15) is 0 Å². The first-order valence-electron chi connectivity index (χ1n) is 4.90. The van der Waals surface area contributed by atoms with E-state index >= 15 is 0 Å². The van der Waals surface area contributed by atoms with Gasteiger partial charge in [-0.25, -0.2) is 0 Å². The van der Waals surface area contributed by atoms with E-state index in [1.54, 1.807) is 0 Å². The fourth-order valence-electron chi connectivity index (χ4n) is 1.33.